The first-order valence-corrected chi connectivity index (χ1v) is 10.3. The number of likely N-dealkylation sites (N-methyl/N-ethyl adjacent to an activating group) is 1. The second kappa shape index (κ2) is 10.7. The van der Waals surface area contributed by atoms with E-state index in [4.69, 9.17) is 4.74 Å². The van der Waals surface area contributed by atoms with Gasteiger partial charge in [0.25, 0.3) is 5.91 Å². The van der Waals surface area contributed by atoms with Crippen molar-refractivity contribution in [2.45, 2.75) is 26.8 Å². The maximum Gasteiger partial charge on any atom is 0.341 e. The number of thiophene rings is 1. The number of carbonyl (C=O) groups is 3. The summed E-state index contributed by atoms with van der Waals surface area (Å²) in [6.07, 6.45) is 0.777. The van der Waals surface area contributed by atoms with E-state index in [9.17, 15) is 14.4 Å². The van der Waals surface area contributed by atoms with Crippen LogP contribution in [0.5, 0.6) is 0 Å². The summed E-state index contributed by atoms with van der Waals surface area (Å²) in [7, 11) is 3.43. The van der Waals surface area contributed by atoms with Crippen LogP contribution in [0.3, 0.4) is 0 Å². The number of carbonyl (C=O) groups excluding carboxylic acids is 3. The van der Waals surface area contributed by atoms with Gasteiger partial charge in [0.05, 0.1) is 18.7 Å². The molecule has 0 aliphatic rings. The molecule has 0 aliphatic carbocycles. The molecule has 0 fully saturated rings. The summed E-state index contributed by atoms with van der Waals surface area (Å²) in [5.74, 6) is -0.767. The minimum atomic E-state index is -0.427. The fourth-order valence-corrected chi connectivity index (χ4v) is 3.75. The zero-order valence-corrected chi connectivity index (χ0v) is 18.0. The van der Waals surface area contributed by atoms with Gasteiger partial charge in [0.1, 0.15) is 5.00 Å². The van der Waals surface area contributed by atoms with E-state index in [0.29, 0.717) is 22.7 Å². The lowest BCUT2D eigenvalue weighted by molar-refractivity contribution is -0.117. The highest BCUT2D eigenvalue weighted by molar-refractivity contribution is 7.16. The van der Waals surface area contributed by atoms with Gasteiger partial charge in [-0.25, -0.2) is 4.79 Å². The Morgan fingerprint density at radius 3 is 2.41 bits per heavy atom. The fraction of sp³-hybridized carbons (Fsp3) is 0.381. The van der Waals surface area contributed by atoms with Gasteiger partial charge in [-0.1, -0.05) is 19.1 Å². The van der Waals surface area contributed by atoms with E-state index < -0.39 is 5.97 Å². The zero-order chi connectivity index (χ0) is 21.4. The van der Waals surface area contributed by atoms with Crippen LogP contribution >= 0.6 is 11.3 Å². The van der Waals surface area contributed by atoms with Gasteiger partial charge in [-0.3, -0.25) is 14.5 Å². The Morgan fingerprint density at radius 1 is 1.14 bits per heavy atom. The lowest BCUT2D eigenvalue weighted by Gasteiger charge is -2.16. The van der Waals surface area contributed by atoms with Crippen molar-refractivity contribution in [3.63, 3.8) is 0 Å². The zero-order valence-electron chi connectivity index (χ0n) is 17.2. The van der Waals surface area contributed by atoms with Gasteiger partial charge >= 0.3 is 5.97 Å². The van der Waals surface area contributed by atoms with Crippen LogP contribution in [-0.2, 0) is 22.5 Å². The molecule has 2 rings (SSSR count). The number of aryl methyl sites for hydroxylation is 1. The maximum absolute atomic E-state index is 12.5. The van der Waals surface area contributed by atoms with Gasteiger partial charge in [0, 0.05) is 24.0 Å². The number of amides is 2. The Bertz CT molecular complexity index is 861. The minimum absolute atomic E-state index is 0.135. The lowest BCUT2D eigenvalue weighted by atomic mass is 10.1. The summed E-state index contributed by atoms with van der Waals surface area (Å²) in [6, 6.07) is 9.02. The van der Waals surface area contributed by atoms with Gasteiger partial charge in [0.2, 0.25) is 5.91 Å². The van der Waals surface area contributed by atoms with E-state index in [1.165, 1.54) is 11.3 Å². The molecule has 2 aromatic rings. The van der Waals surface area contributed by atoms with Crippen molar-refractivity contribution >= 4 is 34.1 Å². The molecule has 7 nitrogen and oxygen atoms in total. The Hall–Kier alpha value is -2.71. The average molecular weight is 418 g/mol. The molecule has 1 aromatic carbocycles. The molecular formula is C21H27N3O4S. The first-order chi connectivity index (χ1) is 13.9. The van der Waals surface area contributed by atoms with Crippen LogP contribution in [-0.4, -0.2) is 49.9 Å². The second-order valence-corrected chi connectivity index (χ2v) is 7.66. The molecule has 156 valence electrons. The molecule has 1 aromatic heterocycles. The number of hydrogen-bond acceptors (Lipinski definition) is 6. The van der Waals surface area contributed by atoms with Crippen LogP contribution in [0.1, 0.15) is 45.0 Å². The van der Waals surface area contributed by atoms with Crippen molar-refractivity contribution in [3.05, 3.63) is 51.9 Å². The molecule has 2 amide bonds. The molecule has 0 aliphatic heterocycles. The van der Waals surface area contributed by atoms with Gasteiger partial charge in [0.15, 0.2) is 0 Å². The Kier molecular flexibility index (Phi) is 8.35. The smallest absolute Gasteiger partial charge is 0.341 e. The quantitative estimate of drug-likeness (QED) is 0.613. The predicted octanol–water partition coefficient (Wildman–Crippen LogP) is 2.92. The summed E-state index contributed by atoms with van der Waals surface area (Å²) in [4.78, 5) is 39.1. The van der Waals surface area contributed by atoms with Crippen LogP contribution in [0.4, 0.5) is 5.00 Å². The largest absolute Gasteiger partial charge is 0.462 e. The number of hydrogen-bond donors (Lipinski definition) is 2. The molecule has 0 saturated carbocycles. The van der Waals surface area contributed by atoms with E-state index in [2.05, 4.69) is 10.6 Å². The first kappa shape index (κ1) is 22.6. The van der Waals surface area contributed by atoms with Crippen LogP contribution in [0.2, 0.25) is 0 Å². The lowest BCUT2D eigenvalue weighted by Crippen LogP contribution is -2.30. The number of anilines is 1. The molecule has 8 heteroatoms. The van der Waals surface area contributed by atoms with E-state index in [0.717, 1.165) is 16.9 Å². The summed E-state index contributed by atoms with van der Waals surface area (Å²) in [5.41, 5.74) is 1.98. The molecule has 1 heterocycles. The number of nitrogens with one attached hydrogen (secondary N) is 2. The minimum Gasteiger partial charge on any atom is -0.462 e. The first-order valence-electron chi connectivity index (χ1n) is 9.47. The molecule has 0 atom stereocenters. The van der Waals surface area contributed by atoms with Crippen molar-refractivity contribution in [1.82, 2.24) is 10.2 Å². The van der Waals surface area contributed by atoms with Crippen LogP contribution < -0.4 is 10.6 Å². The van der Waals surface area contributed by atoms with Crippen molar-refractivity contribution in [2.75, 3.05) is 32.6 Å². The third kappa shape index (κ3) is 6.40. The number of benzene rings is 1. The fourth-order valence-electron chi connectivity index (χ4n) is 2.75. The third-order valence-corrected chi connectivity index (χ3v) is 5.38. The van der Waals surface area contributed by atoms with Crippen LogP contribution in [0, 0.1) is 0 Å². The summed E-state index contributed by atoms with van der Waals surface area (Å²) >= 11 is 1.39. The monoisotopic (exact) mass is 417 g/mol. The molecular weight excluding hydrogens is 390 g/mol. The summed E-state index contributed by atoms with van der Waals surface area (Å²) < 4.78 is 5.08. The molecule has 0 spiro atoms. The number of nitrogens with zero attached hydrogens (tertiary/aromatic N) is 1. The standard InChI is InChI=1S/C21H27N3O4S/c1-5-16-11-17(21(27)28-6-2)20(29-16)23-18(25)13-24(4)12-14-7-9-15(10-8-14)19(26)22-3/h7-11H,5-6,12-13H2,1-4H3,(H,22,26)(H,23,25). The number of ether oxygens (including phenoxy) is 1. The number of rotatable bonds is 9. The Balaban J connectivity index is 1.97. The maximum atomic E-state index is 12.5. The topological polar surface area (TPSA) is 87.7 Å². The number of esters is 1. The van der Waals surface area contributed by atoms with E-state index in [1.54, 1.807) is 32.2 Å². The molecule has 29 heavy (non-hydrogen) atoms. The molecule has 0 unspecified atom stereocenters. The van der Waals surface area contributed by atoms with E-state index in [1.807, 2.05) is 31.0 Å². The second-order valence-electron chi connectivity index (χ2n) is 6.53. The van der Waals surface area contributed by atoms with Crippen molar-refractivity contribution in [1.29, 1.82) is 0 Å². The van der Waals surface area contributed by atoms with Gasteiger partial charge in [-0.2, -0.15) is 0 Å². The molecule has 2 N–H and O–H groups in total. The summed E-state index contributed by atoms with van der Waals surface area (Å²) in [6.45, 7) is 4.75. The van der Waals surface area contributed by atoms with E-state index >= 15 is 0 Å². The third-order valence-electron chi connectivity index (χ3n) is 4.19. The molecule has 0 radical (unpaired) electrons. The van der Waals surface area contributed by atoms with Crippen molar-refractivity contribution in [3.8, 4) is 0 Å². The summed E-state index contributed by atoms with van der Waals surface area (Å²) in [5, 5.41) is 5.94. The van der Waals surface area contributed by atoms with Gasteiger partial charge < -0.3 is 15.4 Å². The predicted molar refractivity (Wildman–Crippen MR) is 114 cm³/mol. The Morgan fingerprint density at radius 2 is 1.83 bits per heavy atom. The highest BCUT2D eigenvalue weighted by Crippen LogP contribution is 2.29. The SMILES string of the molecule is CCOC(=O)c1cc(CC)sc1NC(=O)CN(C)Cc1ccc(C(=O)NC)cc1. The van der Waals surface area contributed by atoms with E-state index in [-0.39, 0.29) is 25.0 Å². The molecule has 0 bridgehead atoms. The van der Waals surface area contributed by atoms with Crippen molar-refractivity contribution in [2.24, 2.45) is 0 Å². The molecule has 0 saturated heterocycles. The van der Waals surface area contributed by atoms with Crippen molar-refractivity contribution < 1.29 is 19.1 Å². The average Bonchev–Trinajstić information content (AvgIpc) is 3.10. The highest BCUT2D eigenvalue weighted by atomic mass is 32.1. The normalized spacial score (nSPS) is 10.7. The van der Waals surface area contributed by atoms with Gasteiger partial charge in [-0.15, -0.1) is 11.3 Å². The van der Waals surface area contributed by atoms with Crippen LogP contribution in [0.25, 0.3) is 0 Å². The van der Waals surface area contributed by atoms with Gasteiger partial charge in [-0.05, 0) is 44.2 Å². The van der Waals surface area contributed by atoms with Crippen LogP contribution in [0.15, 0.2) is 30.3 Å². The Labute approximate surface area is 175 Å². The highest BCUT2D eigenvalue weighted by Gasteiger charge is 2.19.